The molecule has 18 heavy (non-hydrogen) atoms. The van der Waals surface area contributed by atoms with Crippen molar-refractivity contribution in [3.63, 3.8) is 0 Å². The third kappa shape index (κ3) is 3.94. The lowest BCUT2D eigenvalue weighted by atomic mass is 9.95. The van der Waals surface area contributed by atoms with Gasteiger partial charge >= 0.3 is 0 Å². The Morgan fingerprint density at radius 3 is 2.50 bits per heavy atom. The molecule has 0 spiro atoms. The van der Waals surface area contributed by atoms with E-state index in [9.17, 15) is 12.8 Å². The zero-order valence-corrected chi connectivity index (χ0v) is 11.1. The van der Waals surface area contributed by atoms with E-state index in [1.54, 1.807) is 0 Å². The lowest BCUT2D eigenvalue weighted by molar-refractivity contribution is 0.170. The molecular formula is C11H17FN2O3S. The number of hydrogen-bond donors (Lipinski definition) is 3. The second-order valence-electron chi connectivity index (χ2n) is 4.86. The van der Waals surface area contributed by atoms with Crippen molar-refractivity contribution in [2.24, 2.45) is 10.6 Å². The lowest BCUT2D eigenvalue weighted by Crippen LogP contribution is -2.27. The zero-order chi connectivity index (χ0) is 14.0. The number of aliphatic hydroxyl groups is 1. The summed E-state index contributed by atoms with van der Waals surface area (Å²) in [6.07, 6.45) is 0. The topological polar surface area (TPSA) is 92.4 Å². The summed E-state index contributed by atoms with van der Waals surface area (Å²) in [5.41, 5.74) is -0.227. The van der Waals surface area contributed by atoms with E-state index in [0.717, 1.165) is 6.07 Å². The van der Waals surface area contributed by atoms with Crippen LogP contribution in [0.1, 0.15) is 13.8 Å². The van der Waals surface area contributed by atoms with Gasteiger partial charge < -0.3 is 10.4 Å². The van der Waals surface area contributed by atoms with Crippen LogP contribution in [0.15, 0.2) is 23.1 Å². The Labute approximate surface area is 106 Å². The summed E-state index contributed by atoms with van der Waals surface area (Å²) in [4.78, 5) is -0.271. The van der Waals surface area contributed by atoms with Gasteiger partial charge in [0.1, 0.15) is 5.82 Å². The average molecular weight is 276 g/mol. The number of aliphatic hydroxyl groups excluding tert-OH is 1. The first-order chi connectivity index (χ1) is 8.15. The normalized spacial score (nSPS) is 12.5. The smallest absolute Gasteiger partial charge is 0.238 e. The molecule has 0 aromatic heterocycles. The van der Waals surface area contributed by atoms with Crippen LogP contribution < -0.4 is 10.5 Å². The highest BCUT2D eigenvalue weighted by atomic mass is 32.2. The van der Waals surface area contributed by atoms with Crippen LogP contribution in [0.25, 0.3) is 0 Å². The average Bonchev–Trinajstić information content (AvgIpc) is 2.26. The fourth-order valence-electron chi connectivity index (χ4n) is 1.21. The van der Waals surface area contributed by atoms with Gasteiger partial charge in [0.2, 0.25) is 10.0 Å². The molecule has 0 amide bonds. The maximum Gasteiger partial charge on any atom is 0.238 e. The molecule has 1 rings (SSSR count). The third-order valence-corrected chi connectivity index (χ3v) is 3.37. The van der Waals surface area contributed by atoms with Crippen LogP contribution in [0.5, 0.6) is 0 Å². The molecule has 0 aliphatic carbocycles. The van der Waals surface area contributed by atoms with Gasteiger partial charge in [-0.15, -0.1) is 0 Å². The minimum absolute atomic E-state index is 0.0448. The molecule has 0 unspecified atom stereocenters. The molecule has 0 aliphatic heterocycles. The standard InChI is InChI=1S/C11H17FN2O3S/c1-11(2,7-15)6-14-10-4-3-8(5-9(10)12)18(13,16)17/h3-5,14-15H,6-7H2,1-2H3,(H2,13,16,17). The van der Waals surface area contributed by atoms with Crippen molar-refractivity contribution >= 4 is 15.7 Å². The number of primary sulfonamides is 1. The summed E-state index contributed by atoms with van der Waals surface area (Å²) in [5, 5.41) is 16.8. The number of rotatable bonds is 5. The number of anilines is 1. The van der Waals surface area contributed by atoms with E-state index in [1.807, 2.05) is 13.8 Å². The van der Waals surface area contributed by atoms with E-state index in [0.29, 0.717) is 6.54 Å². The largest absolute Gasteiger partial charge is 0.396 e. The van der Waals surface area contributed by atoms with Crippen LogP contribution in [0, 0.1) is 11.2 Å². The monoisotopic (exact) mass is 276 g/mol. The number of halogens is 1. The molecule has 7 heteroatoms. The van der Waals surface area contributed by atoms with Crippen LogP contribution in [-0.2, 0) is 10.0 Å². The molecule has 5 nitrogen and oxygen atoms in total. The highest BCUT2D eigenvalue weighted by molar-refractivity contribution is 7.89. The van der Waals surface area contributed by atoms with Crippen molar-refractivity contribution in [1.29, 1.82) is 0 Å². The zero-order valence-electron chi connectivity index (χ0n) is 10.3. The first kappa shape index (κ1) is 14.9. The molecule has 4 N–H and O–H groups in total. The minimum Gasteiger partial charge on any atom is -0.396 e. The molecule has 0 saturated heterocycles. The molecule has 102 valence electrons. The van der Waals surface area contributed by atoms with E-state index in [4.69, 9.17) is 10.2 Å². The molecule has 0 saturated carbocycles. The van der Waals surface area contributed by atoms with Crippen LogP contribution in [-0.4, -0.2) is 26.7 Å². The summed E-state index contributed by atoms with van der Waals surface area (Å²) in [6, 6.07) is 3.40. The van der Waals surface area contributed by atoms with Crippen LogP contribution in [0.2, 0.25) is 0 Å². The number of nitrogens with one attached hydrogen (secondary N) is 1. The van der Waals surface area contributed by atoms with Gasteiger partial charge in [-0.3, -0.25) is 0 Å². The molecule has 1 aromatic carbocycles. The minimum atomic E-state index is -3.90. The molecule has 0 bridgehead atoms. The third-order valence-electron chi connectivity index (χ3n) is 2.45. The fourth-order valence-corrected chi connectivity index (χ4v) is 1.73. The van der Waals surface area contributed by atoms with E-state index >= 15 is 0 Å². The summed E-state index contributed by atoms with van der Waals surface area (Å²) >= 11 is 0. The van der Waals surface area contributed by atoms with E-state index in [2.05, 4.69) is 5.32 Å². The van der Waals surface area contributed by atoms with Crippen molar-refractivity contribution in [3.05, 3.63) is 24.0 Å². The van der Waals surface area contributed by atoms with Crippen molar-refractivity contribution in [2.75, 3.05) is 18.5 Å². The summed E-state index contributed by atoms with van der Waals surface area (Å²) in [7, 11) is -3.90. The summed E-state index contributed by atoms with van der Waals surface area (Å²) < 4.78 is 35.6. The van der Waals surface area contributed by atoms with E-state index < -0.39 is 21.3 Å². The maximum atomic E-state index is 13.6. The Morgan fingerprint density at radius 2 is 2.06 bits per heavy atom. The second kappa shape index (κ2) is 5.21. The molecule has 0 atom stereocenters. The van der Waals surface area contributed by atoms with Gasteiger partial charge in [-0.05, 0) is 18.2 Å². The predicted octanol–water partition coefficient (Wildman–Crippen LogP) is 0.904. The first-order valence-electron chi connectivity index (χ1n) is 5.33. The Hall–Kier alpha value is -1.18. The maximum absolute atomic E-state index is 13.6. The molecular weight excluding hydrogens is 259 g/mol. The Kier molecular flexibility index (Phi) is 4.31. The fraction of sp³-hybridized carbons (Fsp3) is 0.455. The summed E-state index contributed by atoms with van der Waals surface area (Å²) in [6.45, 7) is 3.94. The highest BCUT2D eigenvalue weighted by Gasteiger charge is 2.17. The van der Waals surface area contributed by atoms with Crippen molar-refractivity contribution < 1.29 is 17.9 Å². The van der Waals surface area contributed by atoms with Crippen molar-refractivity contribution in [2.45, 2.75) is 18.7 Å². The molecule has 0 heterocycles. The highest BCUT2D eigenvalue weighted by Crippen LogP contribution is 2.20. The van der Waals surface area contributed by atoms with Gasteiger partial charge in [-0.25, -0.2) is 17.9 Å². The Balaban J connectivity index is 2.88. The number of benzene rings is 1. The van der Waals surface area contributed by atoms with Crippen LogP contribution >= 0.6 is 0 Å². The van der Waals surface area contributed by atoms with E-state index in [-0.39, 0.29) is 17.2 Å². The number of nitrogens with two attached hydrogens (primary N) is 1. The van der Waals surface area contributed by atoms with Crippen molar-refractivity contribution in [1.82, 2.24) is 0 Å². The van der Waals surface area contributed by atoms with Crippen LogP contribution in [0.4, 0.5) is 10.1 Å². The molecule has 1 aromatic rings. The molecule has 0 aliphatic rings. The van der Waals surface area contributed by atoms with Crippen molar-refractivity contribution in [3.8, 4) is 0 Å². The van der Waals surface area contributed by atoms with Gasteiger partial charge in [-0.1, -0.05) is 13.8 Å². The van der Waals surface area contributed by atoms with Gasteiger partial charge in [0, 0.05) is 18.6 Å². The lowest BCUT2D eigenvalue weighted by Gasteiger charge is -2.22. The predicted molar refractivity (Wildman–Crippen MR) is 67.1 cm³/mol. The van der Waals surface area contributed by atoms with Gasteiger partial charge in [0.15, 0.2) is 0 Å². The van der Waals surface area contributed by atoms with Gasteiger partial charge in [0.05, 0.1) is 10.6 Å². The summed E-state index contributed by atoms with van der Waals surface area (Å²) in [5.74, 6) is -0.699. The number of hydrogen-bond acceptors (Lipinski definition) is 4. The second-order valence-corrected chi connectivity index (χ2v) is 6.42. The number of sulfonamides is 1. The van der Waals surface area contributed by atoms with Gasteiger partial charge in [0.25, 0.3) is 0 Å². The quantitative estimate of drug-likeness (QED) is 0.745. The Morgan fingerprint density at radius 1 is 1.44 bits per heavy atom. The van der Waals surface area contributed by atoms with E-state index in [1.165, 1.54) is 12.1 Å². The first-order valence-corrected chi connectivity index (χ1v) is 6.87. The molecule has 0 radical (unpaired) electrons. The van der Waals surface area contributed by atoms with Crippen LogP contribution in [0.3, 0.4) is 0 Å². The SMILES string of the molecule is CC(C)(CO)CNc1ccc(S(N)(=O)=O)cc1F. The molecule has 0 fully saturated rings. The van der Waals surface area contributed by atoms with Gasteiger partial charge in [-0.2, -0.15) is 0 Å². The Bertz CT molecular complexity index is 529.